The Hall–Kier alpha value is -1.49. The van der Waals surface area contributed by atoms with Crippen LogP contribution in [0.1, 0.15) is 36.8 Å². The van der Waals surface area contributed by atoms with E-state index >= 15 is 0 Å². The van der Waals surface area contributed by atoms with Crippen LogP contribution in [0.2, 0.25) is 0 Å². The highest BCUT2D eigenvalue weighted by Gasteiger charge is 2.43. The number of hydrogen-bond acceptors (Lipinski definition) is 4. The van der Waals surface area contributed by atoms with Gasteiger partial charge < -0.3 is 10.2 Å². The van der Waals surface area contributed by atoms with Gasteiger partial charge in [0.05, 0.1) is 17.0 Å². The van der Waals surface area contributed by atoms with E-state index in [2.05, 4.69) is 41.7 Å². The SMILES string of the molecule is CSC1(C(=O)NC[C@H]2CC(c3ccc(C)cc3)=NO2)CCC1. The van der Waals surface area contributed by atoms with Gasteiger partial charge in [-0.25, -0.2) is 0 Å². The molecule has 1 fully saturated rings. The summed E-state index contributed by atoms with van der Waals surface area (Å²) in [4.78, 5) is 17.8. The second kappa shape index (κ2) is 6.32. The van der Waals surface area contributed by atoms with Crippen LogP contribution in [0.5, 0.6) is 0 Å². The van der Waals surface area contributed by atoms with Crippen molar-refractivity contribution in [1.82, 2.24) is 5.32 Å². The fourth-order valence-corrected chi connectivity index (χ4v) is 3.80. The minimum Gasteiger partial charge on any atom is -0.390 e. The van der Waals surface area contributed by atoms with E-state index in [-0.39, 0.29) is 16.8 Å². The molecule has 0 aromatic heterocycles. The average Bonchev–Trinajstić information content (AvgIpc) is 2.94. The minimum absolute atomic E-state index is 0.0563. The number of oxime groups is 1. The highest BCUT2D eigenvalue weighted by Crippen LogP contribution is 2.42. The number of rotatable bonds is 5. The van der Waals surface area contributed by atoms with E-state index in [1.54, 1.807) is 11.8 Å². The summed E-state index contributed by atoms with van der Waals surface area (Å²) in [5.74, 6) is 0.152. The lowest BCUT2D eigenvalue weighted by Crippen LogP contribution is -2.50. The molecular formula is C17H22N2O2S. The molecule has 118 valence electrons. The van der Waals surface area contributed by atoms with E-state index in [0.717, 1.165) is 37.0 Å². The predicted octanol–water partition coefficient (Wildman–Crippen LogP) is 2.89. The van der Waals surface area contributed by atoms with Gasteiger partial charge in [-0.1, -0.05) is 35.0 Å². The average molecular weight is 318 g/mol. The number of nitrogens with zero attached hydrogens (tertiary/aromatic N) is 1. The maximum atomic E-state index is 12.3. The largest absolute Gasteiger partial charge is 0.390 e. The molecule has 0 unspecified atom stereocenters. The first-order chi connectivity index (χ1) is 10.6. The molecule has 4 nitrogen and oxygen atoms in total. The zero-order valence-electron chi connectivity index (χ0n) is 13.1. The van der Waals surface area contributed by atoms with Gasteiger partial charge >= 0.3 is 0 Å². The first-order valence-corrected chi connectivity index (χ1v) is 8.99. The van der Waals surface area contributed by atoms with Gasteiger partial charge in [-0.3, -0.25) is 4.79 Å². The van der Waals surface area contributed by atoms with Crippen molar-refractivity contribution >= 4 is 23.4 Å². The standard InChI is InChI=1S/C17H22N2O2S/c1-12-4-6-13(7-5-12)15-10-14(21-19-15)11-18-16(20)17(22-2)8-3-9-17/h4-7,14H,3,8-11H2,1-2H3,(H,18,20)/t14-/m1/s1. The van der Waals surface area contributed by atoms with Crippen LogP contribution in [0.3, 0.4) is 0 Å². The third-order valence-electron chi connectivity index (χ3n) is 4.57. The molecule has 0 bridgehead atoms. The summed E-state index contributed by atoms with van der Waals surface area (Å²) in [5, 5.41) is 7.21. The van der Waals surface area contributed by atoms with Crippen LogP contribution in [-0.2, 0) is 9.63 Å². The molecule has 5 heteroatoms. The lowest BCUT2D eigenvalue weighted by molar-refractivity contribution is -0.126. The van der Waals surface area contributed by atoms with Crippen molar-refractivity contribution in [1.29, 1.82) is 0 Å². The highest BCUT2D eigenvalue weighted by molar-refractivity contribution is 8.00. The smallest absolute Gasteiger partial charge is 0.236 e. The van der Waals surface area contributed by atoms with Crippen molar-refractivity contribution < 1.29 is 9.63 Å². The molecular weight excluding hydrogens is 296 g/mol. The monoisotopic (exact) mass is 318 g/mol. The first-order valence-electron chi connectivity index (χ1n) is 7.76. The van der Waals surface area contributed by atoms with Crippen LogP contribution >= 0.6 is 11.8 Å². The molecule has 2 aliphatic rings. The minimum atomic E-state index is -0.195. The number of benzene rings is 1. The van der Waals surface area contributed by atoms with Crippen LogP contribution in [-0.4, -0.2) is 35.3 Å². The summed E-state index contributed by atoms with van der Waals surface area (Å²) in [7, 11) is 0. The molecule has 1 saturated carbocycles. The van der Waals surface area contributed by atoms with Gasteiger partial charge in [0.25, 0.3) is 0 Å². The number of nitrogens with one attached hydrogen (secondary N) is 1. The molecule has 1 aliphatic carbocycles. The van der Waals surface area contributed by atoms with Gasteiger partial charge in [-0.2, -0.15) is 0 Å². The van der Waals surface area contributed by atoms with Crippen molar-refractivity contribution in [2.45, 2.75) is 43.5 Å². The lowest BCUT2D eigenvalue weighted by Gasteiger charge is -2.38. The molecule has 3 rings (SSSR count). The Labute approximate surface area is 135 Å². The van der Waals surface area contributed by atoms with Crippen LogP contribution in [0.25, 0.3) is 0 Å². The van der Waals surface area contributed by atoms with Crippen molar-refractivity contribution in [3.63, 3.8) is 0 Å². The highest BCUT2D eigenvalue weighted by atomic mass is 32.2. The Bertz CT molecular complexity index is 573. The second-order valence-corrected chi connectivity index (χ2v) is 7.29. The molecule has 1 aromatic rings. The van der Waals surface area contributed by atoms with E-state index in [0.29, 0.717) is 6.54 Å². The fraction of sp³-hybridized carbons (Fsp3) is 0.529. The molecule has 1 heterocycles. The Morgan fingerprint density at radius 1 is 1.41 bits per heavy atom. The Morgan fingerprint density at radius 3 is 2.73 bits per heavy atom. The quantitative estimate of drug-likeness (QED) is 0.908. The first kappa shape index (κ1) is 15.4. The summed E-state index contributed by atoms with van der Waals surface area (Å²) in [6.45, 7) is 2.59. The number of carbonyl (C=O) groups excluding carboxylic acids is 1. The van der Waals surface area contributed by atoms with Crippen molar-refractivity contribution in [3.05, 3.63) is 35.4 Å². The number of thioether (sulfide) groups is 1. The van der Waals surface area contributed by atoms with Crippen LogP contribution in [0, 0.1) is 6.92 Å². The van der Waals surface area contributed by atoms with E-state index < -0.39 is 0 Å². The van der Waals surface area contributed by atoms with Gasteiger partial charge in [-0.15, -0.1) is 11.8 Å². The van der Waals surface area contributed by atoms with E-state index in [4.69, 9.17) is 4.84 Å². The number of amides is 1. The van der Waals surface area contributed by atoms with Gasteiger partial charge in [0.15, 0.2) is 0 Å². The molecule has 1 aromatic carbocycles. The van der Waals surface area contributed by atoms with E-state index in [9.17, 15) is 4.79 Å². The summed E-state index contributed by atoms with van der Waals surface area (Å²) in [6, 6.07) is 8.28. The summed E-state index contributed by atoms with van der Waals surface area (Å²) >= 11 is 1.67. The number of carbonyl (C=O) groups is 1. The zero-order valence-corrected chi connectivity index (χ0v) is 13.9. The molecule has 0 radical (unpaired) electrons. The molecule has 22 heavy (non-hydrogen) atoms. The normalized spacial score (nSPS) is 22.5. The summed E-state index contributed by atoms with van der Waals surface area (Å²) in [6.07, 6.45) is 5.82. The van der Waals surface area contributed by atoms with Crippen molar-refractivity contribution in [3.8, 4) is 0 Å². The van der Waals surface area contributed by atoms with Crippen molar-refractivity contribution in [2.75, 3.05) is 12.8 Å². The zero-order chi connectivity index (χ0) is 15.6. The molecule has 0 saturated heterocycles. The third kappa shape index (κ3) is 3.00. The van der Waals surface area contributed by atoms with Crippen LogP contribution in [0.4, 0.5) is 0 Å². The molecule has 1 N–H and O–H groups in total. The van der Waals surface area contributed by atoms with Gasteiger partial charge in [-0.05, 0) is 38.0 Å². The van der Waals surface area contributed by atoms with Crippen molar-refractivity contribution in [2.24, 2.45) is 5.16 Å². The Balaban J connectivity index is 1.50. The van der Waals surface area contributed by atoms with E-state index in [1.807, 2.05) is 6.26 Å². The predicted molar refractivity (Wildman–Crippen MR) is 90.3 cm³/mol. The lowest BCUT2D eigenvalue weighted by atomic mass is 9.83. The maximum Gasteiger partial charge on any atom is 0.236 e. The molecule has 1 aliphatic heterocycles. The van der Waals surface area contributed by atoms with Gasteiger partial charge in [0, 0.05) is 6.42 Å². The van der Waals surface area contributed by atoms with E-state index in [1.165, 1.54) is 5.56 Å². The summed E-state index contributed by atoms with van der Waals surface area (Å²) < 4.78 is -0.195. The molecule has 1 amide bonds. The van der Waals surface area contributed by atoms with Crippen LogP contribution in [0.15, 0.2) is 29.4 Å². The number of hydrogen-bond donors (Lipinski definition) is 1. The number of aryl methyl sites for hydroxylation is 1. The Kier molecular flexibility index (Phi) is 4.43. The molecule has 1 atom stereocenters. The Morgan fingerprint density at radius 2 is 2.14 bits per heavy atom. The summed E-state index contributed by atoms with van der Waals surface area (Å²) in [5.41, 5.74) is 3.29. The topological polar surface area (TPSA) is 50.7 Å². The maximum absolute atomic E-state index is 12.3. The fourth-order valence-electron chi connectivity index (χ4n) is 2.84. The van der Waals surface area contributed by atoms with Crippen LogP contribution < -0.4 is 5.32 Å². The van der Waals surface area contributed by atoms with Gasteiger partial charge in [0.2, 0.25) is 5.91 Å². The second-order valence-electron chi connectivity index (χ2n) is 6.10. The van der Waals surface area contributed by atoms with Gasteiger partial charge in [0.1, 0.15) is 6.10 Å². The third-order valence-corrected chi connectivity index (χ3v) is 5.95. The molecule has 0 spiro atoms.